The number of hydrogen-bond acceptors (Lipinski definition) is 4. The topological polar surface area (TPSA) is 75.7 Å². The van der Waals surface area contributed by atoms with Crippen LogP contribution in [0.4, 0.5) is 5.69 Å². The predicted molar refractivity (Wildman–Crippen MR) is 126 cm³/mol. The number of hydrogen-bond donors (Lipinski definition) is 1. The first kappa shape index (κ1) is 23.5. The summed E-state index contributed by atoms with van der Waals surface area (Å²) in [6.45, 7) is 5.37. The zero-order valence-electron chi connectivity index (χ0n) is 18.8. The highest BCUT2D eigenvalue weighted by atomic mass is 32.2. The summed E-state index contributed by atoms with van der Waals surface area (Å²) < 4.78 is 33.8. The molecule has 0 saturated heterocycles. The molecular weight excluding hydrogens is 424 g/mol. The predicted octanol–water partition coefficient (Wildman–Crippen LogP) is 4.45. The number of benzene rings is 3. The highest BCUT2D eigenvalue weighted by Crippen LogP contribution is 2.29. The molecule has 0 bridgehead atoms. The second-order valence-corrected chi connectivity index (χ2v) is 9.69. The number of amides is 1. The fourth-order valence-electron chi connectivity index (χ4n) is 3.36. The highest BCUT2D eigenvalue weighted by molar-refractivity contribution is 7.89. The summed E-state index contributed by atoms with van der Waals surface area (Å²) in [5, 5.41) is 2.85. The van der Waals surface area contributed by atoms with Crippen molar-refractivity contribution in [2.45, 2.75) is 32.2 Å². The van der Waals surface area contributed by atoms with E-state index in [2.05, 4.69) is 5.32 Å². The normalized spacial score (nSPS) is 11.4. The standard InChI is InChI=1S/C25H28N2O4S/c1-18-10-12-20(3)22(14-18)26-25(28)17-27(16-21-8-6-5-7-9-21)32(29,30)24-15-19(2)11-13-23(24)31-4/h5-15H,16-17H2,1-4H3,(H,26,28). The second-order valence-electron chi connectivity index (χ2n) is 7.78. The van der Waals surface area contributed by atoms with Crippen molar-refractivity contribution >= 4 is 21.6 Å². The van der Waals surface area contributed by atoms with Gasteiger partial charge in [0.1, 0.15) is 10.6 Å². The number of ether oxygens (including phenoxy) is 1. The van der Waals surface area contributed by atoms with Crippen LogP contribution in [0.2, 0.25) is 0 Å². The van der Waals surface area contributed by atoms with Crippen LogP contribution in [0.3, 0.4) is 0 Å². The lowest BCUT2D eigenvalue weighted by Gasteiger charge is -2.23. The average molecular weight is 453 g/mol. The Morgan fingerprint density at radius 3 is 2.28 bits per heavy atom. The van der Waals surface area contributed by atoms with Gasteiger partial charge in [0.15, 0.2) is 0 Å². The van der Waals surface area contributed by atoms with E-state index in [9.17, 15) is 13.2 Å². The van der Waals surface area contributed by atoms with Gasteiger partial charge in [-0.25, -0.2) is 8.42 Å². The van der Waals surface area contributed by atoms with Crippen LogP contribution in [-0.2, 0) is 21.4 Å². The molecule has 6 nitrogen and oxygen atoms in total. The van der Waals surface area contributed by atoms with Gasteiger partial charge in [0.25, 0.3) is 0 Å². The summed E-state index contributed by atoms with van der Waals surface area (Å²) in [4.78, 5) is 13.0. The van der Waals surface area contributed by atoms with Crippen molar-refractivity contribution in [2.24, 2.45) is 0 Å². The van der Waals surface area contributed by atoms with Gasteiger partial charge in [-0.3, -0.25) is 4.79 Å². The monoisotopic (exact) mass is 452 g/mol. The van der Waals surface area contributed by atoms with E-state index in [-0.39, 0.29) is 23.7 Å². The average Bonchev–Trinajstić information content (AvgIpc) is 2.76. The van der Waals surface area contributed by atoms with Crippen LogP contribution < -0.4 is 10.1 Å². The maximum atomic E-state index is 13.6. The van der Waals surface area contributed by atoms with Gasteiger partial charge in [-0.05, 0) is 61.2 Å². The van der Waals surface area contributed by atoms with E-state index < -0.39 is 15.9 Å². The first-order valence-electron chi connectivity index (χ1n) is 10.3. The molecular formula is C25H28N2O4S. The Morgan fingerprint density at radius 1 is 0.938 bits per heavy atom. The molecule has 32 heavy (non-hydrogen) atoms. The third kappa shape index (κ3) is 5.55. The third-order valence-corrected chi connectivity index (χ3v) is 6.94. The van der Waals surface area contributed by atoms with Crippen LogP contribution >= 0.6 is 0 Å². The molecule has 0 radical (unpaired) electrons. The smallest absolute Gasteiger partial charge is 0.247 e. The molecule has 0 spiro atoms. The molecule has 3 aromatic carbocycles. The summed E-state index contributed by atoms with van der Waals surface area (Å²) in [6.07, 6.45) is 0. The van der Waals surface area contributed by atoms with Gasteiger partial charge in [-0.1, -0.05) is 48.5 Å². The molecule has 7 heteroatoms. The fraction of sp³-hybridized carbons (Fsp3) is 0.240. The third-order valence-electron chi connectivity index (χ3n) is 5.13. The Balaban J connectivity index is 1.96. The molecule has 1 amide bonds. The molecule has 0 fully saturated rings. The molecule has 0 aliphatic carbocycles. The molecule has 0 aliphatic heterocycles. The Labute approximate surface area is 189 Å². The molecule has 0 aliphatic rings. The minimum atomic E-state index is -4.02. The second kappa shape index (κ2) is 9.97. The van der Waals surface area contributed by atoms with E-state index >= 15 is 0 Å². The van der Waals surface area contributed by atoms with Gasteiger partial charge in [-0.15, -0.1) is 0 Å². The lowest BCUT2D eigenvalue weighted by molar-refractivity contribution is -0.116. The number of nitrogens with one attached hydrogen (secondary N) is 1. The zero-order chi connectivity index (χ0) is 23.3. The first-order valence-corrected chi connectivity index (χ1v) is 11.7. The number of nitrogens with zero attached hydrogens (tertiary/aromatic N) is 1. The highest BCUT2D eigenvalue weighted by Gasteiger charge is 2.30. The van der Waals surface area contributed by atoms with Gasteiger partial charge in [-0.2, -0.15) is 4.31 Å². The Bertz CT molecular complexity index is 1210. The van der Waals surface area contributed by atoms with Crippen LogP contribution in [-0.4, -0.2) is 32.3 Å². The number of rotatable bonds is 8. The van der Waals surface area contributed by atoms with Crippen molar-refractivity contribution in [3.63, 3.8) is 0 Å². The number of sulfonamides is 1. The van der Waals surface area contributed by atoms with Crippen molar-refractivity contribution in [2.75, 3.05) is 19.0 Å². The molecule has 0 atom stereocenters. The van der Waals surface area contributed by atoms with Crippen LogP contribution in [0.25, 0.3) is 0 Å². The summed E-state index contributed by atoms with van der Waals surface area (Å²) in [5.41, 5.74) is 4.14. The van der Waals surface area contributed by atoms with Crippen molar-refractivity contribution in [1.29, 1.82) is 0 Å². The van der Waals surface area contributed by atoms with Crippen LogP contribution in [0.15, 0.2) is 71.6 Å². The largest absolute Gasteiger partial charge is 0.495 e. The van der Waals surface area contributed by atoms with E-state index in [1.54, 1.807) is 18.2 Å². The van der Waals surface area contributed by atoms with Crippen molar-refractivity contribution in [3.05, 3.63) is 89.0 Å². The van der Waals surface area contributed by atoms with E-state index in [1.165, 1.54) is 11.4 Å². The molecule has 0 unspecified atom stereocenters. The summed E-state index contributed by atoms with van der Waals surface area (Å²) in [7, 11) is -2.59. The van der Waals surface area contributed by atoms with Crippen molar-refractivity contribution < 1.29 is 17.9 Å². The van der Waals surface area contributed by atoms with E-state index in [0.717, 1.165) is 22.3 Å². The molecule has 0 heterocycles. The Morgan fingerprint density at radius 2 is 1.59 bits per heavy atom. The molecule has 3 aromatic rings. The molecule has 0 saturated carbocycles. The molecule has 168 valence electrons. The van der Waals surface area contributed by atoms with Gasteiger partial charge < -0.3 is 10.1 Å². The van der Waals surface area contributed by atoms with Crippen molar-refractivity contribution in [1.82, 2.24) is 4.31 Å². The fourth-order valence-corrected chi connectivity index (χ4v) is 4.98. The lowest BCUT2D eigenvalue weighted by Crippen LogP contribution is -2.37. The van der Waals surface area contributed by atoms with Crippen LogP contribution in [0, 0.1) is 20.8 Å². The van der Waals surface area contributed by atoms with E-state index in [4.69, 9.17) is 4.74 Å². The minimum absolute atomic E-state index is 0.0375. The van der Waals surface area contributed by atoms with E-state index in [1.807, 2.05) is 69.3 Å². The van der Waals surface area contributed by atoms with Gasteiger partial charge >= 0.3 is 0 Å². The maximum absolute atomic E-state index is 13.6. The number of aryl methyl sites for hydroxylation is 3. The zero-order valence-corrected chi connectivity index (χ0v) is 19.6. The van der Waals surface area contributed by atoms with Crippen LogP contribution in [0.5, 0.6) is 5.75 Å². The Hall–Kier alpha value is -3.16. The summed E-state index contributed by atoms with van der Waals surface area (Å²) in [5.74, 6) is -0.173. The van der Waals surface area contributed by atoms with Crippen LogP contribution in [0.1, 0.15) is 22.3 Å². The molecule has 1 N–H and O–H groups in total. The number of carbonyl (C=O) groups excluding carboxylic acids is 1. The molecule has 3 rings (SSSR count). The summed E-state index contributed by atoms with van der Waals surface area (Å²) >= 11 is 0. The quantitative estimate of drug-likeness (QED) is 0.548. The minimum Gasteiger partial charge on any atom is -0.495 e. The van der Waals surface area contributed by atoms with Gasteiger partial charge in [0.2, 0.25) is 15.9 Å². The Kier molecular flexibility index (Phi) is 7.33. The number of methoxy groups -OCH3 is 1. The van der Waals surface area contributed by atoms with Gasteiger partial charge in [0.05, 0.1) is 13.7 Å². The van der Waals surface area contributed by atoms with Crippen molar-refractivity contribution in [3.8, 4) is 5.75 Å². The number of anilines is 1. The SMILES string of the molecule is COc1ccc(C)cc1S(=O)(=O)N(CC(=O)Nc1cc(C)ccc1C)Cc1ccccc1. The molecule has 0 aromatic heterocycles. The summed E-state index contributed by atoms with van der Waals surface area (Å²) in [6, 6.07) is 19.9. The van der Waals surface area contributed by atoms with Gasteiger partial charge in [0, 0.05) is 12.2 Å². The maximum Gasteiger partial charge on any atom is 0.247 e. The first-order chi connectivity index (χ1) is 15.2. The lowest BCUT2D eigenvalue weighted by atomic mass is 10.1. The van der Waals surface area contributed by atoms with E-state index in [0.29, 0.717) is 5.69 Å². The number of carbonyl (C=O) groups is 1.